The van der Waals surface area contributed by atoms with Gasteiger partial charge in [0.1, 0.15) is 11.5 Å². The van der Waals surface area contributed by atoms with E-state index in [1.165, 1.54) is 75.3 Å². The lowest BCUT2D eigenvalue weighted by Gasteiger charge is -2.24. The molecule has 244 valence electrons. The highest BCUT2D eigenvalue weighted by molar-refractivity contribution is 9.11. The first kappa shape index (κ1) is 34.5. The van der Waals surface area contributed by atoms with Gasteiger partial charge in [0.25, 0.3) is 0 Å². The Morgan fingerprint density at radius 1 is 0.644 bits per heavy atom. The van der Waals surface area contributed by atoms with Crippen molar-refractivity contribution in [1.29, 1.82) is 0 Å². The molecule has 0 heterocycles. The van der Waals surface area contributed by atoms with Crippen LogP contribution in [0.4, 0.5) is 0 Å². The minimum absolute atomic E-state index is 0.165. The zero-order valence-electron chi connectivity index (χ0n) is 27.5. The molecule has 0 unspecified atom stereocenters. The molecule has 5 rings (SSSR count). The predicted molar refractivity (Wildman–Crippen MR) is 196 cm³/mol. The van der Waals surface area contributed by atoms with E-state index in [1.807, 2.05) is 0 Å². The summed E-state index contributed by atoms with van der Waals surface area (Å²) in [4.78, 5) is 14.2. The van der Waals surface area contributed by atoms with Crippen LogP contribution in [0.3, 0.4) is 0 Å². The summed E-state index contributed by atoms with van der Waals surface area (Å²) >= 11 is 7.73. The van der Waals surface area contributed by atoms with Crippen LogP contribution in [0.25, 0.3) is 12.2 Å². The third-order valence-electron chi connectivity index (χ3n) is 9.97. The molecule has 3 aliphatic rings. The minimum Gasteiger partial charge on any atom is -0.492 e. The van der Waals surface area contributed by atoms with Crippen molar-refractivity contribution < 1.29 is 14.3 Å². The monoisotopic (exact) mass is 738 g/mol. The van der Waals surface area contributed by atoms with Crippen molar-refractivity contribution in [3.05, 3.63) is 66.6 Å². The van der Waals surface area contributed by atoms with Crippen LogP contribution in [0.5, 0.6) is 11.5 Å². The summed E-state index contributed by atoms with van der Waals surface area (Å²) in [5.41, 5.74) is 6.59. The lowest BCUT2D eigenvalue weighted by molar-refractivity contribution is -0.112. The molecule has 45 heavy (non-hydrogen) atoms. The maximum absolute atomic E-state index is 14.2. The van der Waals surface area contributed by atoms with Crippen LogP contribution in [-0.4, -0.2) is 19.0 Å². The number of benzene rings is 2. The molecular weight excluding hydrogens is 688 g/mol. The van der Waals surface area contributed by atoms with Crippen LogP contribution in [0, 0.1) is 0 Å². The molecule has 0 amide bonds. The van der Waals surface area contributed by atoms with Crippen molar-refractivity contribution in [2.24, 2.45) is 0 Å². The second kappa shape index (κ2) is 17.3. The first-order chi connectivity index (χ1) is 22.0. The molecule has 0 aromatic heterocycles. The fraction of sp³-hybridized carbons (Fsp3) is 0.575. The summed E-state index contributed by atoms with van der Waals surface area (Å²) in [6, 6.07) is 9.16. The van der Waals surface area contributed by atoms with E-state index < -0.39 is 0 Å². The second-order valence-corrected chi connectivity index (χ2v) is 15.1. The van der Waals surface area contributed by atoms with Gasteiger partial charge in [-0.05, 0) is 149 Å². The van der Waals surface area contributed by atoms with Crippen LogP contribution in [0.1, 0.15) is 157 Å². The van der Waals surface area contributed by atoms with Crippen molar-refractivity contribution in [3.8, 4) is 11.5 Å². The summed E-state index contributed by atoms with van der Waals surface area (Å²) in [5.74, 6) is 3.06. The number of carbonyl (C=O) groups is 1. The molecule has 5 heteroatoms. The number of Topliss-reactive ketones (excluding diaryl/α,β-unsaturated/α-hetero) is 1. The molecule has 0 saturated heterocycles. The van der Waals surface area contributed by atoms with Gasteiger partial charge in [-0.2, -0.15) is 0 Å². The molecule has 2 aromatic carbocycles. The Balaban J connectivity index is 1.49. The third kappa shape index (κ3) is 9.15. The second-order valence-electron chi connectivity index (χ2n) is 13.4. The summed E-state index contributed by atoms with van der Waals surface area (Å²) in [6.45, 7) is 5.73. The van der Waals surface area contributed by atoms with Gasteiger partial charge in [-0.15, -0.1) is 0 Å². The number of hydrogen-bond donors (Lipinski definition) is 0. The Labute approximate surface area is 288 Å². The van der Waals surface area contributed by atoms with Gasteiger partial charge in [-0.1, -0.05) is 65.2 Å². The number of carbonyl (C=O) groups excluding carboxylic acids is 1. The Kier molecular flexibility index (Phi) is 13.3. The molecule has 3 aliphatic carbocycles. The summed E-state index contributed by atoms with van der Waals surface area (Å²) in [6.07, 6.45) is 23.8. The number of halogens is 2. The van der Waals surface area contributed by atoms with E-state index in [0.717, 1.165) is 87.7 Å². The molecule has 0 spiro atoms. The number of unbranched alkanes of at least 4 members (excludes halogenated alkanes) is 2. The summed E-state index contributed by atoms with van der Waals surface area (Å²) in [5, 5.41) is 0. The van der Waals surface area contributed by atoms with Crippen LogP contribution >= 0.6 is 31.9 Å². The van der Waals surface area contributed by atoms with E-state index >= 15 is 0 Å². The number of ether oxygens (including phenoxy) is 2. The molecule has 0 N–H and O–H groups in total. The Bertz CT molecular complexity index is 1260. The highest BCUT2D eigenvalue weighted by Crippen LogP contribution is 2.42. The highest BCUT2D eigenvalue weighted by atomic mass is 79.9. The van der Waals surface area contributed by atoms with Crippen LogP contribution in [0.15, 0.2) is 44.4 Å². The number of hydrogen-bond acceptors (Lipinski definition) is 3. The molecule has 3 saturated carbocycles. The number of rotatable bonds is 12. The summed E-state index contributed by atoms with van der Waals surface area (Å²) < 4.78 is 14.7. The van der Waals surface area contributed by atoms with Crippen LogP contribution in [-0.2, 0) is 4.79 Å². The third-order valence-corrected chi connectivity index (χ3v) is 11.1. The zero-order valence-corrected chi connectivity index (χ0v) is 30.7. The van der Waals surface area contributed by atoms with Gasteiger partial charge in [0.15, 0.2) is 5.78 Å². The quantitative estimate of drug-likeness (QED) is 0.161. The fourth-order valence-electron chi connectivity index (χ4n) is 7.33. The minimum atomic E-state index is 0.165. The van der Waals surface area contributed by atoms with Gasteiger partial charge < -0.3 is 9.47 Å². The molecule has 3 nitrogen and oxygen atoms in total. The Hall–Kier alpha value is -1.85. The van der Waals surface area contributed by atoms with Crippen LogP contribution in [0.2, 0.25) is 0 Å². The van der Waals surface area contributed by atoms with Crippen molar-refractivity contribution in [3.63, 3.8) is 0 Å². The normalized spacial score (nSPS) is 20.2. The Morgan fingerprint density at radius 3 is 1.47 bits per heavy atom. The zero-order chi connectivity index (χ0) is 31.6. The van der Waals surface area contributed by atoms with Gasteiger partial charge in [-0.3, -0.25) is 4.79 Å². The van der Waals surface area contributed by atoms with Crippen molar-refractivity contribution in [2.45, 2.75) is 135 Å². The van der Waals surface area contributed by atoms with Gasteiger partial charge in [0, 0.05) is 22.3 Å². The predicted octanol–water partition coefficient (Wildman–Crippen LogP) is 12.9. The lowest BCUT2D eigenvalue weighted by atomic mass is 9.82. The van der Waals surface area contributed by atoms with E-state index in [-0.39, 0.29) is 5.78 Å². The van der Waals surface area contributed by atoms with Gasteiger partial charge in [0.2, 0.25) is 0 Å². The standard InChI is InChI=1S/C40H52Br2O3/c1-3-5-20-44-39-34(24-32(26-36(39)41)28-14-9-7-10-15-28)22-30-18-13-19-31(38(30)43)23-35-25-33(29-16-11-8-12-17-29)27-37(42)40(35)45-21-6-4-2/h22-29H,3-21H2,1-2H3/b30-22+,31-23+. The van der Waals surface area contributed by atoms with Gasteiger partial charge in [0.05, 0.1) is 22.2 Å². The van der Waals surface area contributed by atoms with Crippen molar-refractivity contribution >= 4 is 49.8 Å². The van der Waals surface area contributed by atoms with E-state index in [2.05, 4.69) is 82.1 Å². The lowest BCUT2D eigenvalue weighted by Crippen LogP contribution is -2.13. The smallest absolute Gasteiger partial charge is 0.185 e. The van der Waals surface area contributed by atoms with E-state index in [0.29, 0.717) is 25.0 Å². The first-order valence-electron chi connectivity index (χ1n) is 17.9. The maximum atomic E-state index is 14.2. The molecule has 0 bridgehead atoms. The van der Waals surface area contributed by atoms with E-state index in [9.17, 15) is 4.79 Å². The summed E-state index contributed by atoms with van der Waals surface area (Å²) in [7, 11) is 0. The van der Waals surface area contributed by atoms with E-state index in [1.54, 1.807) is 0 Å². The largest absolute Gasteiger partial charge is 0.492 e. The molecule has 0 aliphatic heterocycles. The number of ketones is 1. The molecular formula is C40H52Br2O3. The van der Waals surface area contributed by atoms with Crippen molar-refractivity contribution in [2.75, 3.05) is 13.2 Å². The maximum Gasteiger partial charge on any atom is 0.185 e. The van der Waals surface area contributed by atoms with Gasteiger partial charge in [-0.25, -0.2) is 0 Å². The topological polar surface area (TPSA) is 35.5 Å². The molecule has 0 atom stereocenters. The number of allylic oxidation sites excluding steroid dienone is 2. The molecule has 3 fully saturated rings. The Morgan fingerprint density at radius 2 is 1.07 bits per heavy atom. The first-order valence-corrected chi connectivity index (χ1v) is 19.4. The van der Waals surface area contributed by atoms with Crippen molar-refractivity contribution in [1.82, 2.24) is 0 Å². The van der Waals surface area contributed by atoms with Crippen LogP contribution < -0.4 is 9.47 Å². The van der Waals surface area contributed by atoms with Gasteiger partial charge >= 0.3 is 0 Å². The molecule has 0 radical (unpaired) electrons. The van der Waals surface area contributed by atoms with E-state index in [4.69, 9.17) is 9.47 Å². The SMILES string of the molecule is CCCCOc1c(Br)cc(C2CCCCC2)cc1/C=C1\CCC/C(=C\c2cc(C3CCCCC3)cc(Br)c2OCCCC)C1=O. The average Bonchev–Trinajstić information content (AvgIpc) is 3.06. The average molecular weight is 741 g/mol. The molecule has 2 aromatic rings. The fourth-order valence-corrected chi connectivity index (χ4v) is 8.54. The highest BCUT2D eigenvalue weighted by Gasteiger charge is 2.25.